The van der Waals surface area contributed by atoms with E-state index >= 15 is 0 Å². The maximum Gasteiger partial charge on any atom is 0.269 e. The van der Waals surface area contributed by atoms with Gasteiger partial charge in [-0.2, -0.15) is 0 Å². The second kappa shape index (κ2) is 6.35. The van der Waals surface area contributed by atoms with Crippen molar-refractivity contribution in [3.05, 3.63) is 39.4 Å². The van der Waals surface area contributed by atoms with Crippen LogP contribution in [0.5, 0.6) is 0 Å². The number of non-ortho nitro benzene ring substituents is 1. The number of carbonyl (C=O) groups excluding carboxylic acids is 1. The molecule has 0 radical (unpaired) electrons. The van der Waals surface area contributed by atoms with Crippen LogP contribution in [0, 0.1) is 23.0 Å². The minimum Gasteiger partial charge on any atom is -0.339 e. The van der Waals surface area contributed by atoms with Gasteiger partial charge in [0.1, 0.15) is 0 Å². The second-order valence-corrected chi connectivity index (χ2v) is 5.79. The molecule has 5 nitrogen and oxygen atoms in total. The van der Waals surface area contributed by atoms with E-state index in [1.165, 1.54) is 12.1 Å². The summed E-state index contributed by atoms with van der Waals surface area (Å²) in [4.78, 5) is 24.6. The minimum atomic E-state index is -0.442. The lowest BCUT2D eigenvalue weighted by Crippen LogP contribution is -2.39. The van der Waals surface area contributed by atoms with E-state index in [4.69, 9.17) is 0 Å². The third-order valence-electron chi connectivity index (χ3n) is 3.77. The lowest BCUT2D eigenvalue weighted by atomic mass is 9.98. The molecule has 0 bridgehead atoms. The fraction of sp³-hybridized carbons (Fsp3) is 0.500. The number of aryl methyl sites for hydroxylation is 1. The Balaban J connectivity index is 2.12. The van der Waals surface area contributed by atoms with Crippen LogP contribution in [-0.2, 0) is 0 Å². The molecule has 1 saturated heterocycles. The number of alkyl halides is 1. The van der Waals surface area contributed by atoms with Crippen molar-refractivity contribution in [1.82, 2.24) is 4.90 Å². The molecule has 0 N–H and O–H groups in total. The molecule has 0 saturated carbocycles. The number of nitrogens with zero attached hydrogens (tertiary/aromatic N) is 2. The average molecular weight is 341 g/mol. The average Bonchev–Trinajstić information content (AvgIpc) is 2.46. The highest BCUT2D eigenvalue weighted by molar-refractivity contribution is 9.09. The smallest absolute Gasteiger partial charge is 0.269 e. The molecule has 1 aromatic carbocycles. The lowest BCUT2D eigenvalue weighted by molar-refractivity contribution is -0.384. The second-order valence-electron chi connectivity index (χ2n) is 5.15. The van der Waals surface area contributed by atoms with E-state index in [0.717, 1.165) is 31.3 Å². The van der Waals surface area contributed by atoms with Gasteiger partial charge in [-0.05, 0) is 37.3 Å². The summed E-state index contributed by atoms with van der Waals surface area (Å²) in [6.45, 7) is 3.25. The van der Waals surface area contributed by atoms with Gasteiger partial charge in [0.25, 0.3) is 11.6 Å². The molecule has 0 aliphatic carbocycles. The molecule has 0 unspecified atom stereocenters. The van der Waals surface area contributed by atoms with Gasteiger partial charge in [-0.3, -0.25) is 14.9 Å². The van der Waals surface area contributed by atoms with E-state index in [2.05, 4.69) is 15.9 Å². The van der Waals surface area contributed by atoms with Crippen LogP contribution in [0.3, 0.4) is 0 Å². The predicted octanol–water partition coefficient (Wildman–Crippen LogP) is 3.15. The first-order valence-electron chi connectivity index (χ1n) is 6.63. The molecule has 1 heterocycles. The molecule has 0 atom stereocenters. The van der Waals surface area contributed by atoms with Gasteiger partial charge in [-0.15, -0.1) is 0 Å². The number of nitro groups is 1. The first kappa shape index (κ1) is 15.0. The number of amides is 1. The lowest BCUT2D eigenvalue weighted by Gasteiger charge is -2.31. The Morgan fingerprint density at radius 3 is 2.60 bits per heavy atom. The van der Waals surface area contributed by atoms with E-state index < -0.39 is 4.92 Å². The van der Waals surface area contributed by atoms with Gasteiger partial charge in [0.2, 0.25) is 0 Å². The van der Waals surface area contributed by atoms with Gasteiger partial charge < -0.3 is 4.90 Å². The highest BCUT2D eigenvalue weighted by atomic mass is 79.9. The van der Waals surface area contributed by atoms with Crippen molar-refractivity contribution in [1.29, 1.82) is 0 Å². The van der Waals surface area contributed by atoms with Gasteiger partial charge in [-0.1, -0.05) is 15.9 Å². The van der Waals surface area contributed by atoms with Crippen LogP contribution in [0.25, 0.3) is 0 Å². The van der Waals surface area contributed by atoms with Crippen molar-refractivity contribution in [2.24, 2.45) is 5.92 Å². The van der Waals surface area contributed by atoms with Crippen LogP contribution in [0.2, 0.25) is 0 Å². The number of likely N-dealkylation sites (tertiary alicyclic amines) is 1. The molecule has 1 aliphatic rings. The van der Waals surface area contributed by atoms with Crippen LogP contribution in [0.1, 0.15) is 28.8 Å². The molecule has 20 heavy (non-hydrogen) atoms. The van der Waals surface area contributed by atoms with E-state index in [1.54, 1.807) is 13.0 Å². The first-order chi connectivity index (χ1) is 9.52. The molecule has 1 amide bonds. The summed E-state index contributed by atoms with van der Waals surface area (Å²) in [7, 11) is 0. The quantitative estimate of drug-likeness (QED) is 0.482. The molecular formula is C14H17BrN2O3. The topological polar surface area (TPSA) is 63.5 Å². The van der Waals surface area contributed by atoms with E-state index in [-0.39, 0.29) is 11.6 Å². The summed E-state index contributed by atoms with van der Waals surface area (Å²) in [6.07, 6.45) is 2.01. The standard InChI is InChI=1S/C14H17BrN2O3/c1-10-8-12(17(19)20)2-3-13(10)14(18)16-6-4-11(9-15)5-7-16/h2-3,8,11H,4-7,9H2,1H3. The largest absolute Gasteiger partial charge is 0.339 e. The van der Waals surface area contributed by atoms with Gasteiger partial charge in [-0.25, -0.2) is 0 Å². The molecule has 0 aromatic heterocycles. The summed E-state index contributed by atoms with van der Waals surface area (Å²) in [5, 5.41) is 11.7. The molecule has 108 valence electrons. The Kier molecular flexibility index (Phi) is 4.75. The maximum atomic E-state index is 12.4. The fourth-order valence-corrected chi connectivity index (χ4v) is 3.11. The summed E-state index contributed by atoms with van der Waals surface area (Å²) in [6, 6.07) is 4.41. The Bertz CT molecular complexity index is 525. The Labute approximate surface area is 126 Å². The molecular weight excluding hydrogens is 324 g/mol. The van der Waals surface area contributed by atoms with Crippen molar-refractivity contribution in [2.45, 2.75) is 19.8 Å². The zero-order valence-electron chi connectivity index (χ0n) is 11.3. The van der Waals surface area contributed by atoms with Crippen molar-refractivity contribution in [3.63, 3.8) is 0 Å². The van der Waals surface area contributed by atoms with Gasteiger partial charge in [0, 0.05) is 36.1 Å². The van der Waals surface area contributed by atoms with Crippen molar-refractivity contribution < 1.29 is 9.72 Å². The summed E-state index contributed by atoms with van der Waals surface area (Å²) in [5.74, 6) is 0.613. The summed E-state index contributed by atoms with van der Waals surface area (Å²) < 4.78 is 0. The van der Waals surface area contributed by atoms with Gasteiger partial charge in [0.15, 0.2) is 0 Å². The zero-order chi connectivity index (χ0) is 14.7. The number of hydrogen-bond donors (Lipinski definition) is 0. The van der Waals surface area contributed by atoms with Crippen molar-refractivity contribution in [2.75, 3.05) is 18.4 Å². The summed E-state index contributed by atoms with van der Waals surface area (Å²) in [5.41, 5.74) is 1.25. The number of piperidine rings is 1. The van der Waals surface area contributed by atoms with Crippen LogP contribution in [0.4, 0.5) is 5.69 Å². The highest BCUT2D eigenvalue weighted by Crippen LogP contribution is 2.23. The van der Waals surface area contributed by atoms with Gasteiger partial charge >= 0.3 is 0 Å². The number of rotatable bonds is 3. The Morgan fingerprint density at radius 2 is 2.10 bits per heavy atom. The summed E-state index contributed by atoms with van der Waals surface area (Å²) >= 11 is 3.48. The first-order valence-corrected chi connectivity index (χ1v) is 7.75. The number of carbonyl (C=O) groups is 1. The van der Waals surface area contributed by atoms with Crippen LogP contribution >= 0.6 is 15.9 Å². The number of benzene rings is 1. The third-order valence-corrected chi connectivity index (χ3v) is 4.69. The van der Waals surface area contributed by atoms with E-state index in [0.29, 0.717) is 17.0 Å². The molecule has 1 fully saturated rings. The van der Waals surface area contributed by atoms with Gasteiger partial charge in [0.05, 0.1) is 4.92 Å². The monoisotopic (exact) mass is 340 g/mol. The Hall–Kier alpha value is -1.43. The SMILES string of the molecule is Cc1cc([N+](=O)[O-])ccc1C(=O)N1CCC(CBr)CC1. The van der Waals surface area contributed by atoms with E-state index in [9.17, 15) is 14.9 Å². The molecule has 6 heteroatoms. The fourth-order valence-electron chi connectivity index (χ4n) is 2.46. The molecule has 2 rings (SSSR count). The number of nitro benzene ring substituents is 1. The minimum absolute atomic E-state index is 0.0228. The predicted molar refractivity (Wildman–Crippen MR) is 80.3 cm³/mol. The highest BCUT2D eigenvalue weighted by Gasteiger charge is 2.24. The number of halogens is 1. The number of hydrogen-bond acceptors (Lipinski definition) is 3. The van der Waals surface area contributed by atoms with E-state index in [1.807, 2.05) is 4.90 Å². The van der Waals surface area contributed by atoms with Crippen LogP contribution in [0.15, 0.2) is 18.2 Å². The van der Waals surface area contributed by atoms with Crippen molar-refractivity contribution >= 4 is 27.5 Å². The van der Waals surface area contributed by atoms with Crippen LogP contribution < -0.4 is 0 Å². The molecule has 1 aliphatic heterocycles. The maximum absolute atomic E-state index is 12.4. The normalized spacial score (nSPS) is 16.2. The zero-order valence-corrected chi connectivity index (χ0v) is 12.9. The third kappa shape index (κ3) is 3.17. The molecule has 1 aromatic rings. The Morgan fingerprint density at radius 1 is 1.45 bits per heavy atom. The van der Waals surface area contributed by atoms with Crippen molar-refractivity contribution in [3.8, 4) is 0 Å². The molecule has 0 spiro atoms. The van der Waals surface area contributed by atoms with Crippen LogP contribution in [-0.4, -0.2) is 34.2 Å².